The van der Waals surface area contributed by atoms with Crippen molar-refractivity contribution in [3.05, 3.63) is 29.8 Å². The van der Waals surface area contributed by atoms with Gasteiger partial charge < -0.3 is 5.11 Å². The van der Waals surface area contributed by atoms with Crippen molar-refractivity contribution in [2.75, 3.05) is 6.26 Å². The SMILES string of the molecule is CSc1ccc(C(O)CC(C)CC(C)C)cc1. The van der Waals surface area contributed by atoms with Crippen molar-refractivity contribution in [3.63, 3.8) is 0 Å². The molecule has 0 aliphatic heterocycles. The highest BCUT2D eigenvalue weighted by atomic mass is 32.2. The van der Waals surface area contributed by atoms with Gasteiger partial charge in [0.25, 0.3) is 0 Å². The number of rotatable bonds is 6. The fourth-order valence-corrected chi connectivity index (χ4v) is 2.65. The van der Waals surface area contributed by atoms with E-state index in [-0.39, 0.29) is 6.10 Å². The molecule has 0 radical (unpaired) electrons. The zero-order valence-corrected chi connectivity index (χ0v) is 12.1. The summed E-state index contributed by atoms with van der Waals surface area (Å²) in [6.07, 6.45) is 3.78. The van der Waals surface area contributed by atoms with Crippen molar-refractivity contribution in [1.82, 2.24) is 0 Å². The zero-order valence-electron chi connectivity index (χ0n) is 11.3. The first kappa shape index (κ1) is 14.6. The van der Waals surface area contributed by atoms with Crippen LogP contribution < -0.4 is 0 Å². The molecule has 1 aromatic carbocycles. The van der Waals surface area contributed by atoms with Gasteiger partial charge in [0.2, 0.25) is 0 Å². The molecular formula is C15H24OS. The first-order valence-electron chi connectivity index (χ1n) is 6.35. The molecule has 2 unspecified atom stereocenters. The summed E-state index contributed by atoms with van der Waals surface area (Å²) in [4.78, 5) is 1.25. The molecule has 1 aromatic rings. The van der Waals surface area contributed by atoms with Crippen LogP contribution in [0.25, 0.3) is 0 Å². The van der Waals surface area contributed by atoms with Gasteiger partial charge >= 0.3 is 0 Å². The molecule has 0 saturated carbocycles. The van der Waals surface area contributed by atoms with E-state index in [0.717, 1.165) is 12.0 Å². The number of hydrogen-bond acceptors (Lipinski definition) is 2. The van der Waals surface area contributed by atoms with E-state index in [2.05, 4.69) is 39.2 Å². The van der Waals surface area contributed by atoms with Gasteiger partial charge in [-0.15, -0.1) is 11.8 Å². The molecule has 1 N–H and O–H groups in total. The van der Waals surface area contributed by atoms with Crippen LogP contribution in [0.3, 0.4) is 0 Å². The van der Waals surface area contributed by atoms with Crippen molar-refractivity contribution in [3.8, 4) is 0 Å². The minimum Gasteiger partial charge on any atom is -0.388 e. The molecule has 1 rings (SSSR count). The van der Waals surface area contributed by atoms with Crippen molar-refractivity contribution >= 4 is 11.8 Å². The van der Waals surface area contributed by atoms with E-state index in [1.807, 2.05) is 12.1 Å². The largest absolute Gasteiger partial charge is 0.388 e. The lowest BCUT2D eigenvalue weighted by molar-refractivity contribution is 0.142. The van der Waals surface area contributed by atoms with Gasteiger partial charge in [0.05, 0.1) is 6.10 Å². The minimum atomic E-state index is -0.320. The Kier molecular flexibility index (Phi) is 6.07. The fourth-order valence-electron chi connectivity index (χ4n) is 2.24. The van der Waals surface area contributed by atoms with Gasteiger partial charge in [0.15, 0.2) is 0 Å². The standard InChI is InChI=1S/C15H24OS/c1-11(2)9-12(3)10-15(16)13-5-7-14(17-4)8-6-13/h5-8,11-12,15-16H,9-10H2,1-4H3. The summed E-state index contributed by atoms with van der Waals surface area (Å²) in [5, 5.41) is 10.2. The van der Waals surface area contributed by atoms with Gasteiger partial charge in [-0.25, -0.2) is 0 Å². The van der Waals surface area contributed by atoms with E-state index in [1.165, 1.54) is 11.3 Å². The number of benzene rings is 1. The Labute approximate surface area is 110 Å². The number of aliphatic hydroxyl groups is 1. The predicted octanol–water partition coefficient (Wildman–Crippen LogP) is 4.51. The normalized spacial score (nSPS) is 14.9. The summed E-state index contributed by atoms with van der Waals surface area (Å²) in [5.74, 6) is 1.28. The van der Waals surface area contributed by atoms with Crippen molar-refractivity contribution in [2.45, 2.75) is 44.6 Å². The highest BCUT2D eigenvalue weighted by Crippen LogP contribution is 2.26. The Morgan fingerprint density at radius 2 is 1.65 bits per heavy atom. The molecule has 0 aliphatic rings. The molecule has 96 valence electrons. The van der Waals surface area contributed by atoms with Crippen LogP contribution in [0.15, 0.2) is 29.2 Å². The second-order valence-corrected chi connectivity index (χ2v) is 6.14. The van der Waals surface area contributed by atoms with Gasteiger partial charge in [-0.2, -0.15) is 0 Å². The summed E-state index contributed by atoms with van der Waals surface area (Å²) < 4.78 is 0. The lowest BCUT2D eigenvalue weighted by Gasteiger charge is -2.18. The molecular weight excluding hydrogens is 228 g/mol. The van der Waals surface area contributed by atoms with Crippen LogP contribution in [0.2, 0.25) is 0 Å². The third-order valence-electron chi connectivity index (χ3n) is 3.00. The predicted molar refractivity (Wildman–Crippen MR) is 76.4 cm³/mol. The average Bonchev–Trinajstić information content (AvgIpc) is 2.28. The van der Waals surface area contributed by atoms with E-state index in [4.69, 9.17) is 0 Å². The average molecular weight is 252 g/mol. The maximum Gasteiger partial charge on any atom is 0.0792 e. The summed E-state index contributed by atoms with van der Waals surface area (Å²) in [6, 6.07) is 8.24. The molecule has 0 amide bonds. The van der Waals surface area contributed by atoms with E-state index >= 15 is 0 Å². The summed E-state index contributed by atoms with van der Waals surface area (Å²) in [7, 11) is 0. The van der Waals surface area contributed by atoms with Gasteiger partial charge in [-0.1, -0.05) is 32.9 Å². The van der Waals surface area contributed by atoms with E-state index in [0.29, 0.717) is 11.8 Å². The molecule has 0 heterocycles. The fraction of sp³-hybridized carbons (Fsp3) is 0.600. The molecule has 0 aromatic heterocycles. The van der Waals surface area contributed by atoms with Crippen LogP contribution in [0, 0.1) is 11.8 Å². The van der Waals surface area contributed by atoms with Crippen molar-refractivity contribution in [1.29, 1.82) is 0 Å². The topological polar surface area (TPSA) is 20.2 Å². The third kappa shape index (κ3) is 5.13. The van der Waals surface area contributed by atoms with E-state index in [1.54, 1.807) is 11.8 Å². The van der Waals surface area contributed by atoms with Crippen molar-refractivity contribution < 1.29 is 5.11 Å². The zero-order chi connectivity index (χ0) is 12.8. The van der Waals surface area contributed by atoms with Crippen LogP contribution >= 0.6 is 11.8 Å². The number of aliphatic hydroxyl groups excluding tert-OH is 1. The Bertz CT molecular complexity index is 318. The van der Waals surface area contributed by atoms with Crippen LogP contribution in [-0.2, 0) is 0 Å². The van der Waals surface area contributed by atoms with E-state index in [9.17, 15) is 5.11 Å². The van der Waals surface area contributed by atoms with Crippen molar-refractivity contribution in [2.24, 2.45) is 11.8 Å². The first-order chi connectivity index (χ1) is 8.02. The second-order valence-electron chi connectivity index (χ2n) is 5.26. The smallest absolute Gasteiger partial charge is 0.0792 e. The minimum absolute atomic E-state index is 0.320. The van der Waals surface area contributed by atoms with E-state index < -0.39 is 0 Å². The molecule has 0 fully saturated rings. The quantitative estimate of drug-likeness (QED) is 0.751. The Morgan fingerprint density at radius 1 is 1.06 bits per heavy atom. The summed E-state index contributed by atoms with van der Waals surface area (Å²) in [6.45, 7) is 6.69. The van der Waals surface area contributed by atoms with Gasteiger partial charge in [-0.3, -0.25) is 0 Å². The molecule has 2 atom stereocenters. The lowest BCUT2D eigenvalue weighted by atomic mass is 9.91. The third-order valence-corrected chi connectivity index (χ3v) is 3.74. The lowest BCUT2D eigenvalue weighted by Crippen LogP contribution is -2.07. The molecule has 0 bridgehead atoms. The Hall–Kier alpha value is -0.470. The maximum atomic E-state index is 10.2. The molecule has 0 spiro atoms. The Morgan fingerprint density at radius 3 is 2.12 bits per heavy atom. The van der Waals surface area contributed by atoms with Crippen LogP contribution in [0.5, 0.6) is 0 Å². The molecule has 0 aliphatic carbocycles. The molecule has 2 heteroatoms. The highest BCUT2D eigenvalue weighted by Gasteiger charge is 2.13. The molecule has 0 saturated heterocycles. The first-order valence-corrected chi connectivity index (χ1v) is 7.57. The monoisotopic (exact) mass is 252 g/mol. The number of hydrogen-bond donors (Lipinski definition) is 1. The number of thioether (sulfide) groups is 1. The van der Waals surface area contributed by atoms with Gasteiger partial charge in [0.1, 0.15) is 0 Å². The molecule has 17 heavy (non-hydrogen) atoms. The van der Waals surface area contributed by atoms with Crippen LogP contribution in [0.1, 0.15) is 45.3 Å². The van der Waals surface area contributed by atoms with Crippen LogP contribution in [-0.4, -0.2) is 11.4 Å². The second kappa shape index (κ2) is 7.07. The maximum absolute atomic E-state index is 10.2. The summed E-state index contributed by atoms with van der Waals surface area (Å²) in [5.41, 5.74) is 1.04. The Balaban J connectivity index is 2.53. The van der Waals surface area contributed by atoms with Crippen LogP contribution in [0.4, 0.5) is 0 Å². The van der Waals surface area contributed by atoms with Gasteiger partial charge in [-0.05, 0) is 48.6 Å². The van der Waals surface area contributed by atoms with Gasteiger partial charge in [0, 0.05) is 4.90 Å². The molecule has 1 nitrogen and oxygen atoms in total. The summed E-state index contributed by atoms with van der Waals surface area (Å²) >= 11 is 1.73. The highest BCUT2D eigenvalue weighted by molar-refractivity contribution is 7.98.